The first-order chi connectivity index (χ1) is 13.0. The van der Waals surface area contributed by atoms with E-state index < -0.39 is 10.0 Å². The lowest BCUT2D eigenvalue weighted by molar-refractivity contribution is 0.431. The fourth-order valence-electron chi connectivity index (χ4n) is 3.28. The summed E-state index contributed by atoms with van der Waals surface area (Å²) in [5.41, 5.74) is 2.92. The first kappa shape index (κ1) is 17.9. The summed E-state index contributed by atoms with van der Waals surface area (Å²) in [5.74, 6) is 0.0277. The molecular formula is C19H22N4O3S. The molecule has 2 aromatic heterocycles. The highest BCUT2D eigenvalue weighted by molar-refractivity contribution is 7.88. The van der Waals surface area contributed by atoms with Crippen LogP contribution >= 0.6 is 0 Å². The first-order valence-corrected chi connectivity index (χ1v) is 10.6. The monoisotopic (exact) mass is 386 g/mol. The molecule has 0 unspecified atom stereocenters. The van der Waals surface area contributed by atoms with Crippen LogP contribution in [0.25, 0.3) is 11.2 Å². The summed E-state index contributed by atoms with van der Waals surface area (Å²) in [4.78, 5) is 10.8. The Kier molecular flexibility index (Phi) is 4.84. The van der Waals surface area contributed by atoms with Crippen molar-refractivity contribution in [3.05, 3.63) is 53.7 Å². The van der Waals surface area contributed by atoms with E-state index in [0.717, 1.165) is 17.7 Å². The summed E-state index contributed by atoms with van der Waals surface area (Å²) in [5, 5.41) is 0. The van der Waals surface area contributed by atoms with Gasteiger partial charge >= 0.3 is 0 Å². The molecule has 142 valence electrons. The minimum atomic E-state index is -3.35. The van der Waals surface area contributed by atoms with Gasteiger partial charge in [-0.3, -0.25) is 0 Å². The molecule has 0 saturated carbocycles. The van der Waals surface area contributed by atoms with Crippen molar-refractivity contribution in [1.82, 2.24) is 14.3 Å². The van der Waals surface area contributed by atoms with Crippen molar-refractivity contribution in [3.8, 4) is 0 Å². The van der Waals surface area contributed by atoms with Crippen molar-refractivity contribution < 1.29 is 12.8 Å². The van der Waals surface area contributed by atoms with E-state index in [0.29, 0.717) is 43.4 Å². The molecule has 0 N–H and O–H groups in total. The van der Waals surface area contributed by atoms with E-state index in [-0.39, 0.29) is 5.75 Å². The predicted molar refractivity (Wildman–Crippen MR) is 104 cm³/mol. The van der Waals surface area contributed by atoms with Gasteiger partial charge in [-0.15, -0.1) is 0 Å². The Morgan fingerprint density at radius 3 is 2.63 bits per heavy atom. The largest absolute Gasteiger partial charge is 0.422 e. The van der Waals surface area contributed by atoms with Gasteiger partial charge in [0, 0.05) is 31.9 Å². The van der Waals surface area contributed by atoms with E-state index in [1.54, 1.807) is 4.31 Å². The lowest BCUT2D eigenvalue weighted by atomic mass is 10.2. The lowest BCUT2D eigenvalue weighted by Crippen LogP contribution is -2.36. The van der Waals surface area contributed by atoms with Gasteiger partial charge in [0.25, 0.3) is 6.01 Å². The van der Waals surface area contributed by atoms with Gasteiger partial charge in [0.15, 0.2) is 5.58 Å². The van der Waals surface area contributed by atoms with Crippen LogP contribution < -0.4 is 4.90 Å². The number of hydrogen-bond donors (Lipinski definition) is 0. The molecule has 3 aromatic rings. The van der Waals surface area contributed by atoms with E-state index in [1.165, 1.54) is 0 Å². The molecule has 27 heavy (non-hydrogen) atoms. The number of hydrogen-bond acceptors (Lipinski definition) is 6. The van der Waals surface area contributed by atoms with Crippen molar-refractivity contribution in [2.75, 3.05) is 31.1 Å². The molecule has 4 rings (SSSR count). The van der Waals surface area contributed by atoms with Crippen LogP contribution in [0.15, 0.2) is 46.9 Å². The Morgan fingerprint density at radius 2 is 1.81 bits per heavy atom. The van der Waals surface area contributed by atoms with E-state index >= 15 is 0 Å². The number of sulfonamides is 1. The van der Waals surface area contributed by atoms with Gasteiger partial charge < -0.3 is 9.32 Å². The summed E-state index contributed by atoms with van der Waals surface area (Å²) >= 11 is 0. The quantitative estimate of drug-likeness (QED) is 0.686. The number of benzene rings is 1. The molecule has 3 heterocycles. The molecule has 1 aromatic carbocycles. The van der Waals surface area contributed by atoms with E-state index in [2.05, 4.69) is 9.97 Å². The summed E-state index contributed by atoms with van der Waals surface area (Å²) in [6, 6.07) is 13.5. The fourth-order valence-corrected chi connectivity index (χ4v) is 4.84. The third kappa shape index (κ3) is 3.96. The number of aromatic nitrogens is 2. The molecule has 1 aliphatic heterocycles. The maximum atomic E-state index is 12.8. The molecule has 1 saturated heterocycles. The third-order valence-electron chi connectivity index (χ3n) is 4.69. The Labute approximate surface area is 158 Å². The van der Waals surface area contributed by atoms with Crippen LogP contribution in [0.1, 0.15) is 17.7 Å². The van der Waals surface area contributed by atoms with Gasteiger partial charge in [-0.2, -0.15) is 9.29 Å². The zero-order chi connectivity index (χ0) is 18.9. The normalized spacial score (nSPS) is 16.6. The SMILES string of the molecule is Cc1ccc2oc(N3CCCN(S(=O)(=O)Cc4ccccc4)CC3)nc2n1. The lowest BCUT2D eigenvalue weighted by Gasteiger charge is -2.20. The van der Waals surface area contributed by atoms with Crippen molar-refractivity contribution in [3.63, 3.8) is 0 Å². The number of fused-ring (bicyclic) bond motifs is 1. The van der Waals surface area contributed by atoms with Crippen LogP contribution in [0.5, 0.6) is 0 Å². The number of pyridine rings is 1. The Balaban J connectivity index is 1.48. The van der Waals surface area contributed by atoms with Gasteiger partial charge in [0.1, 0.15) is 0 Å². The summed E-state index contributed by atoms with van der Waals surface area (Å²) in [6.45, 7) is 4.07. The number of nitrogens with zero attached hydrogens (tertiary/aromatic N) is 4. The minimum Gasteiger partial charge on any atom is -0.422 e. The highest BCUT2D eigenvalue weighted by Crippen LogP contribution is 2.23. The zero-order valence-corrected chi connectivity index (χ0v) is 16.0. The van der Waals surface area contributed by atoms with Crippen LogP contribution in [-0.4, -0.2) is 48.9 Å². The average molecular weight is 386 g/mol. The molecule has 0 radical (unpaired) electrons. The molecule has 1 fully saturated rings. The maximum Gasteiger partial charge on any atom is 0.299 e. The van der Waals surface area contributed by atoms with Crippen molar-refractivity contribution in [1.29, 1.82) is 0 Å². The average Bonchev–Trinajstić information content (AvgIpc) is 2.89. The van der Waals surface area contributed by atoms with E-state index in [4.69, 9.17) is 4.42 Å². The standard InChI is InChI=1S/C19H22N4O3S/c1-15-8-9-17-18(20-15)21-19(26-17)22-10-5-11-23(13-12-22)27(24,25)14-16-6-3-2-4-7-16/h2-4,6-9H,5,10-14H2,1H3. The topological polar surface area (TPSA) is 79.5 Å². The van der Waals surface area contributed by atoms with E-state index in [9.17, 15) is 8.42 Å². The van der Waals surface area contributed by atoms with Crippen LogP contribution in [-0.2, 0) is 15.8 Å². The van der Waals surface area contributed by atoms with Crippen LogP contribution in [0.3, 0.4) is 0 Å². The highest BCUT2D eigenvalue weighted by Gasteiger charge is 2.27. The zero-order valence-electron chi connectivity index (χ0n) is 15.2. The second-order valence-corrected chi connectivity index (χ2v) is 8.72. The van der Waals surface area contributed by atoms with Crippen molar-refractivity contribution >= 4 is 27.3 Å². The van der Waals surface area contributed by atoms with Crippen molar-refractivity contribution in [2.45, 2.75) is 19.1 Å². The van der Waals surface area contributed by atoms with Gasteiger partial charge in [0.2, 0.25) is 15.7 Å². The molecule has 8 heteroatoms. The van der Waals surface area contributed by atoms with Crippen LogP contribution in [0.4, 0.5) is 6.01 Å². The number of aryl methyl sites for hydroxylation is 1. The third-order valence-corrected chi connectivity index (χ3v) is 6.54. The molecule has 0 atom stereocenters. The Hall–Kier alpha value is -2.45. The molecule has 0 bridgehead atoms. The molecule has 7 nitrogen and oxygen atoms in total. The summed E-state index contributed by atoms with van der Waals surface area (Å²) < 4.78 is 33.0. The van der Waals surface area contributed by atoms with Crippen LogP contribution in [0.2, 0.25) is 0 Å². The number of anilines is 1. The van der Waals surface area contributed by atoms with E-state index in [1.807, 2.05) is 54.3 Å². The highest BCUT2D eigenvalue weighted by atomic mass is 32.2. The van der Waals surface area contributed by atoms with Crippen LogP contribution in [0, 0.1) is 6.92 Å². The fraction of sp³-hybridized carbons (Fsp3) is 0.368. The Bertz CT molecular complexity index is 1030. The summed E-state index contributed by atoms with van der Waals surface area (Å²) in [7, 11) is -3.35. The second kappa shape index (κ2) is 7.28. The van der Waals surface area contributed by atoms with Gasteiger partial charge in [0.05, 0.1) is 5.75 Å². The smallest absolute Gasteiger partial charge is 0.299 e. The van der Waals surface area contributed by atoms with Crippen molar-refractivity contribution in [2.24, 2.45) is 0 Å². The number of oxazole rings is 1. The Morgan fingerprint density at radius 1 is 1.00 bits per heavy atom. The predicted octanol–water partition coefficient (Wildman–Crippen LogP) is 2.57. The van der Waals surface area contributed by atoms with Gasteiger partial charge in [-0.1, -0.05) is 30.3 Å². The van der Waals surface area contributed by atoms with Gasteiger partial charge in [-0.05, 0) is 31.0 Å². The second-order valence-electron chi connectivity index (χ2n) is 6.75. The molecule has 1 aliphatic rings. The molecule has 0 amide bonds. The minimum absolute atomic E-state index is 0.0277. The molecule has 0 aliphatic carbocycles. The molecule has 0 spiro atoms. The maximum absolute atomic E-state index is 12.8. The first-order valence-electron chi connectivity index (χ1n) is 9.02. The molecular weight excluding hydrogens is 364 g/mol. The number of rotatable bonds is 4. The van der Waals surface area contributed by atoms with Gasteiger partial charge in [-0.25, -0.2) is 13.4 Å². The summed E-state index contributed by atoms with van der Waals surface area (Å²) in [6.07, 6.45) is 0.721.